The Bertz CT molecular complexity index is 1090. The molecule has 0 aromatic carbocycles. The van der Waals surface area contributed by atoms with Crippen LogP contribution in [0.5, 0.6) is 0 Å². The topological polar surface area (TPSA) is 108 Å². The van der Waals surface area contributed by atoms with Gasteiger partial charge in [-0.05, 0) is 12.8 Å². The first-order valence-electron chi connectivity index (χ1n) is 30.9. The molecule has 0 rings (SSSR count). The van der Waals surface area contributed by atoms with Gasteiger partial charge in [0, 0.05) is 6.42 Å². The van der Waals surface area contributed by atoms with Crippen LogP contribution in [0, 0.1) is 0 Å². The first kappa shape index (κ1) is 68.5. The second-order valence-corrected chi connectivity index (χ2v) is 24.2. The van der Waals surface area contributed by atoms with Gasteiger partial charge in [-0.15, -0.1) is 0 Å². The van der Waals surface area contributed by atoms with Crippen LogP contribution in [0.25, 0.3) is 0 Å². The number of phosphoric acid groups is 1. The predicted molar refractivity (Wildman–Crippen MR) is 298 cm³/mol. The lowest BCUT2D eigenvalue weighted by Crippen LogP contribution is -2.46. The van der Waals surface area contributed by atoms with E-state index in [1.165, 1.54) is 263 Å². The van der Waals surface area contributed by atoms with Gasteiger partial charge in [-0.2, -0.15) is 0 Å². The first-order valence-corrected chi connectivity index (χ1v) is 32.3. The molecule has 1 amide bonds. The van der Waals surface area contributed by atoms with Crippen LogP contribution >= 0.6 is 7.82 Å². The highest BCUT2D eigenvalue weighted by atomic mass is 31.2. The molecule has 0 aliphatic heterocycles. The fourth-order valence-corrected chi connectivity index (χ4v) is 10.5. The number of likely N-dealkylation sites (N-methyl/N-ethyl adjacent to an activating group) is 1. The van der Waals surface area contributed by atoms with Crippen LogP contribution in [0.15, 0.2) is 0 Å². The zero-order valence-corrected chi connectivity index (χ0v) is 48.2. The second kappa shape index (κ2) is 52.4. The van der Waals surface area contributed by atoms with Gasteiger partial charge >= 0.3 is 0 Å². The maximum atomic E-state index is 13.0. The lowest BCUT2D eigenvalue weighted by molar-refractivity contribution is -0.870. The molecule has 0 aromatic rings. The lowest BCUT2D eigenvalue weighted by atomic mass is 10.0. The molecule has 0 saturated carbocycles. The second-order valence-electron chi connectivity index (χ2n) is 22.8. The van der Waals surface area contributed by atoms with Crippen molar-refractivity contribution in [3.63, 3.8) is 0 Å². The van der Waals surface area contributed by atoms with Crippen molar-refractivity contribution >= 4 is 13.7 Å². The van der Waals surface area contributed by atoms with Gasteiger partial charge in [0.15, 0.2) is 0 Å². The van der Waals surface area contributed by atoms with Crippen LogP contribution in [-0.2, 0) is 18.4 Å². The molecule has 0 spiro atoms. The maximum absolute atomic E-state index is 13.0. The third-order valence-electron chi connectivity index (χ3n) is 14.6. The molecular formula is C60H123N2O6P. The Balaban J connectivity index is 4.04. The molecule has 69 heavy (non-hydrogen) atoms. The number of carbonyl (C=O) groups excluding carboxylic acids is 1. The highest BCUT2D eigenvalue weighted by Crippen LogP contribution is 2.38. The Labute approximate surface area is 431 Å². The van der Waals surface area contributed by atoms with Crippen molar-refractivity contribution in [3.05, 3.63) is 0 Å². The quantitative estimate of drug-likeness (QED) is 0.0357. The van der Waals surface area contributed by atoms with Gasteiger partial charge in [-0.3, -0.25) is 9.36 Å². The number of hydrogen-bond donors (Lipinski definition) is 2. The van der Waals surface area contributed by atoms with Gasteiger partial charge in [-0.25, -0.2) is 0 Å². The van der Waals surface area contributed by atoms with Crippen LogP contribution < -0.4 is 10.2 Å². The molecule has 0 radical (unpaired) electrons. The van der Waals surface area contributed by atoms with Crippen molar-refractivity contribution in [2.24, 2.45) is 0 Å². The predicted octanol–water partition coefficient (Wildman–Crippen LogP) is 18.2. The maximum Gasteiger partial charge on any atom is 0.268 e. The van der Waals surface area contributed by atoms with E-state index in [9.17, 15) is 19.4 Å². The van der Waals surface area contributed by atoms with E-state index < -0.39 is 20.0 Å². The summed E-state index contributed by atoms with van der Waals surface area (Å²) in [7, 11) is 1.33. The molecular weight excluding hydrogens is 876 g/mol. The van der Waals surface area contributed by atoms with Crippen LogP contribution in [0.2, 0.25) is 0 Å². The third-order valence-corrected chi connectivity index (χ3v) is 15.6. The number of phosphoric ester groups is 1. The van der Waals surface area contributed by atoms with E-state index in [-0.39, 0.29) is 19.1 Å². The minimum absolute atomic E-state index is 0.0167. The first-order chi connectivity index (χ1) is 33.5. The molecule has 8 nitrogen and oxygen atoms in total. The van der Waals surface area contributed by atoms with Gasteiger partial charge in [0.1, 0.15) is 13.2 Å². The van der Waals surface area contributed by atoms with Gasteiger partial charge in [-0.1, -0.05) is 309 Å². The van der Waals surface area contributed by atoms with E-state index >= 15 is 0 Å². The number of aliphatic hydroxyl groups excluding tert-OH is 1. The molecule has 0 bridgehead atoms. The molecule has 0 aromatic heterocycles. The number of carbonyl (C=O) groups is 1. The highest BCUT2D eigenvalue weighted by Gasteiger charge is 2.24. The largest absolute Gasteiger partial charge is 0.756 e. The van der Waals surface area contributed by atoms with Crippen LogP contribution in [0.3, 0.4) is 0 Å². The summed E-state index contributed by atoms with van der Waals surface area (Å²) in [6.07, 6.45) is 62.9. The fraction of sp³-hybridized carbons (Fsp3) is 0.983. The van der Waals surface area contributed by atoms with E-state index in [1.54, 1.807) is 0 Å². The van der Waals surface area contributed by atoms with Crippen molar-refractivity contribution in [2.45, 2.75) is 341 Å². The highest BCUT2D eigenvalue weighted by molar-refractivity contribution is 7.45. The van der Waals surface area contributed by atoms with Crippen molar-refractivity contribution in [3.8, 4) is 0 Å². The van der Waals surface area contributed by atoms with E-state index in [2.05, 4.69) is 19.2 Å². The molecule has 0 saturated heterocycles. The average Bonchev–Trinajstić information content (AvgIpc) is 3.31. The number of unbranched alkanes of at least 4 members (excludes halogenated alkanes) is 45. The summed E-state index contributed by atoms with van der Waals surface area (Å²) in [5.41, 5.74) is 0. The Morgan fingerprint density at radius 3 is 0.986 bits per heavy atom. The van der Waals surface area contributed by atoms with Gasteiger partial charge in [0.2, 0.25) is 5.91 Å². The summed E-state index contributed by atoms with van der Waals surface area (Å²) in [6.45, 7) is 4.79. The number of aliphatic hydroxyl groups is 1. The van der Waals surface area contributed by atoms with Gasteiger partial charge < -0.3 is 28.8 Å². The lowest BCUT2D eigenvalue weighted by Gasteiger charge is -2.30. The number of quaternary nitrogens is 1. The molecule has 414 valence electrons. The van der Waals surface area contributed by atoms with Crippen molar-refractivity contribution in [2.75, 3.05) is 40.9 Å². The van der Waals surface area contributed by atoms with Gasteiger partial charge in [0.05, 0.1) is 39.9 Å². The normalized spacial score (nSPS) is 13.8. The molecule has 0 aliphatic carbocycles. The smallest absolute Gasteiger partial charge is 0.268 e. The Hall–Kier alpha value is -0.500. The van der Waals surface area contributed by atoms with Gasteiger partial charge in [0.25, 0.3) is 7.82 Å². The minimum atomic E-state index is -4.57. The summed E-state index contributed by atoms with van der Waals surface area (Å²) in [6, 6.07) is -0.795. The zero-order valence-electron chi connectivity index (χ0n) is 47.3. The molecule has 0 fully saturated rings. The average molecular weight is 1000 g/mol. The number of rotatable bonds is 58. The standard InChI is InChI=1S/C60H123N2O6P/c1-6-8-10-12-14-16-18-20-22-24-26-27-28-29-30-31-32-33-34-36-38-40-42-44-46-48-50-52-54-60(64)61-58(57-68-69(65,66)67-56-55-62(3,4)5)59(63)53-51-49-47-45-43-41-39-37-35-25-23-21-19-17-15-13-11-9-7-2/h58-59,63H,6-57H2,1-5H3,(H-,61,64,65,66). The zero-order chi connectivity index (χ0) is 50.6. The van der Waals surface area contributed by atoms with Crippen LogP contribution in [-0.4, -0.2) is 68.5 Å². The molecule has 0 aliphatic rings. The minimum Gasteiger partial charge on any atom is -0.756 e. The summed E-state index contributed by atoms with van der Waals surface area (Å²) >= 11 is 0. The molecule has 3 unspecified atom stereocenters. The third kappa shape index (κ3) is 55.1. The molecule has 0 heterocycles. The van der Waals surface area contributed by atoms with E-state index in [0.29, 0.717) is 23.9 Å². The summed E-state index contributed by atoms with van der Waals surface area (Å²) < 4.78 is 23.5. The Morgan fingerprint density at radius 2 is 0.710 bits per heavy atom. The molecule has 2 N–H and O–H groups in total. The summed E-state index contributed by atoms with van der Waals surface area (Å²) in [4.78, 5) is 25.6. The molecule has 9 heteroatoms. The summed E-state index contributed by atoms with van der Waals surface area (Å²) in [5.74, 6) is -0.155. The number of nitrogens with one attached hydrogen (secondary N) is 1. The SMILES string of the molecule is CCCCCCCCCCCCCCCCCCCCCCCCCCCCCCC(=O)NC(COP(=O)([O-])OCC[N+](C)(C)C)C(O)CCCCCCCCCCCCCCCCCCCCC. The molecule has 3 atom stereocenters. The Morgan fingerprint density at radius 1 is 0.449 bits per heavy atom. The van der Waals surface area contributed by atoms with Crippen molar-refractivity contribution < 1.29 is 32.9 Å². The summed E-state index contributed by atoms with van der Waals surface area (Å²) in [5, 5.41) is 14.0. The van der Waals surface area contributed by atoms with Crippen LogP contribution in [0.4, 0.5) is 0 Å². The monoisotopic (exact) mass is 999 g/mol. The number of hydrogen-bond acceptors (Lipinski definition) is 6. The van der Waals surface area contributed by atoms with Crippen molar-refractivity contribution in [1.29, 1.82) is 0 Å². The number of amides is 1. The fourth-order valence-electron chi connectivity index (χ4n) is 9.75. The van der Waals surface area contributed by atoms with E-state index in [4.69, 9.17) is 9.05 Å². The number of nitrogens with zero attached hydrogens (tertiary/aromatic N) is 1. The van der Waals surface area contributed by atoms with Crippen molar-refractivity contribution in [1.82, 2.24) is 5.32 Å². The van der Waals surface area contributed by atoms with E-state index in [0.717, 1.165) is 38.5 Å². The van der Waals surface area contributed by atoms with E-state index in [1.807, 2.05) is 21.1 Å². The Kier molecular flexibility index (Phi) is 52.0. The van der Waals surface area contributed by atoms with Crippen LogP contribution in [0.1, 0.15) is 328 Å².